The molecule has 2 heterocycles. The van der Waals surface area contributed by atoms with Crippen LogP contribution in [0.4, 0.5) is 6.01 Å². The van der Waals surface area contributed by atoms with Gasteiger partial charge in [0.25, 0.3) is 6.01 Å². The SMILES string of the molecule is CC(C)(C)c1cnc(N2CCN(CC3CC3)CC2)o1. The summed E-state index contributed by atoms with van der Waals surface area (Å²) < 4.78 is 5.91. The molecule has 1 aliphatic carbocycles. The van der Waals surface area contributed by atoms with E-state index in [9.17, 15) is 0 Å². The lowest BCUT2D eigenvalue weighted by atomic mass is 9.94. The van der Waals surface area contributed by atoms with Crippen LogP contribution in [0, 0.1) is 5.92 Å². The molecule has 1 saturated heterocycles. The van der Waals surface area contributed by atoms with Crippen LogP contribution >= 0.6 is 0 Å². The molecule has 19 heavy (non-hydrogen) atoms. The van der Waals surface area contributed by atoms with Crippen LogP contribution < -0.4 is 4.90 Å². The Morgan fingerprint density at radius 1 is 1.21 bits per heavy atom. The van der Waals surface area contributed by atoms with Crippen molar-refractivity contribution >= 4 is 6.01 Å². The normalized spacial score (nSPS) is 21.9. The maximum Gasteiger partial charge on any atom is 0.297 e. The third kappa shape index (κ3) is 3.11. The molecule has 3 rings (SSSR count). The van der Waals surface area contributed by atoms with Crippen molar-refractivity contribution < 1.29 is 4.42 Å². The van der Waals surface area contributed by atoms with Crippen molar-refractivity contribution in [2.75, 3.05) is 37.6 Å². The molecule has 0 radical (unpaired) electrons. The van der Waals surface area contributed by atoms with Crippen molar-refractivity contribution in [3.63, 3.8) is 0 Å². The van der Waals surface area contributed by atoms with E-state index in [2.05, 4.69) is 35.6 Å². The van der Waals surface area contributed by atoms with Gasteiger partial charge >= 0.3 is 0 Å². The summed E-state index contributed by atoms with van der Waals surface area (Å²) in [5, 5.41) is 0. The number of piperazine rings is 1. The number of nitrogens with zero attached hydrogens (tertiary/aromatic N) is 3. The molecule has 4 nitrogen and oxygen atoms in total. The van der Waals surface area contributed by atoms with Gasteiger partial charge in [0.05, 0.1) is 6.20 Å². The molecular weight excluding hydrogens is 238 g/mol. The van der Waals surface area contributed by atoms with Crippen LogP contribution in [0.25, 0.3) is 0 Å². The molecule has 1 aliphatic heterocycles. The van der Waals surface area contributed by atoms with Gasteiger partial charge in [-0.1, -0.05) is 20.8 Å². The fourth-order valence-electron chi connectivity index (χ4n) is 2.55. The highest BCUT2D eigenvalue weighted by Crippen LogP contribution is 2.30. The van der Waals surface area contributed by atoms with E-state index in [1.807, 2.05) is 6.20 Å². The van der Waals surface area contributed by atoms with Crippen LogP contribution in [0.3, 0.4) is 0 Å². The fourth-order valence-corrected chi connectivity index (χ4v) is 2.55. The standard InChI is InChI=1S/C15H25N3O/c1-15(2,3)13-10-16-14(19-13)18-8-6-17(7-9-18)11-12-4-5-12/h10,12H,4-9,11H2,1-3H3. The summed E-state index contributed by atoms with van der Waals surface area (Å²) in [6.07, 6.45) is 4.76. The molecule has 0 N–H and O–H groups in total. The van der Waals surface area contributed by atoms with Gasteiger partial charge < -0.3 is 9.32 Å². The molecule has 0 spiro atoms. The third-order valence-corrected chi connectivity index (χ3v) is 4.09. The van der Waals surface area contributed by atoms with Gasteiger partial charge in [0.2, 0.25) is 0 Å². The predicted molar refractivity (Wildman–Crippen MR) is 76.6 cm³/mol. The van der Waals surface area contributed by atoms with Gasteiger partial charge in [-0.2, -0.15) is 0 Å². The Balaban J connectivity index is 1.57. The fraction of sp³-hybridized carbons (Fsp3) is 0.800. The molecule has 4 heteroatoms. The van der Waals surface area contributed by atoms with Crippen molar-refractivity contribution in [2.24, 2.45) is 5.92 Å². The second kappa shape index (κ2) is 4.82. The molecule has 2 aliphatic rings. The first kappa shape index (κ1) is 13.0. The number of hydrogen-bond acceptors (Lipinski definition) is 4. The Labute approximate surface area is 115 Å². The number of aromatic nitrogens is 1. The van der Waals surface area contributed by atoms with E-state index in [0.717, 1.165) is 43.9 Å². The minimum Gasteiger partial charge on any atom is -0.428 e. The molecule has 1 aromatic rings. The van der Waals surface area contributed by atoms with Crippen LogP contribution in [0.2, 0.25) is 0 Å². The minimum absolute atomic E-state index is 0.0407. The van der Waals surface area contributed by atoms with E-state index in [1.54, 1.807) is 0 Å². The van der Waals surface area contributed by atoms with Gasteiger partial charge in [-0.15, -0.1) is 0 Å². The van der Waals surface area contributed by atoms with E-state index >= 15 is 0 Å². The largest absolute Gasteiger partial charge is 0.428 e. The number of oxazole rings is 1. The number of hydrogen-bond donors (Lipinski definition) is 0. The average molecular weight is 263 g/mol. The van der Waals surface area contributed by atoms with Gasteiger partial charge in [-0.3, -0.25) is 4.90 Å². The summed E-state index contributed by atoms with van der Waals surface area (Å²) >= 11 is 0. The molecule has 0 amide bonds. The van der Waals surface area contributed by atoms with E-state index in [4.69, 9.17) is 4.42 Å². The smallest absolute Gasteiger partial charge is 0.297 e. The van der Waals surface area contributed by atoms with Crippen LogP contribution in [0.5, 0.6) is 0 Å². The van der Waals surface area contributed by atoms with E-state index in [1.165, 1.54) is 19.4 Å². The third-order valence-electron chi connectivity index (χ3n) is 4.09. The first-order valence-corrected chi connectivity index (χ1v) is 7.46. The Morgan fingerprint density at radius 2 is 1.89 bits per heavy atom. The lowest BCUT2D eigenvalue weighted by Crippen LogP contribution is -2.47. The maximum atomic E-state index is 5.91. The zero-order valence-electron chi connectivity index (χ0n) is 12.4. The van der Waals surface area contributed by atoms with Crippen molar-refractivity contribution in [3.05, 3.63) is 12.0 Å². The second-order valence-corrected chi connectivity index (χ2v) is 6.99. The van der Waals surface area contributed by atoms with Gasteiger partial charge in [-0.25, -0.2) is 4.98 Å². The zero-order chi connectivity index (χ0) is 13.5. The first-order valence-electron chi connectivity index (χ1n) is 7.46. The summed E-state index contributed by atoms with van der Waals surface area (Å²) in [6.45, 7) is 12.1. The Morgan fingerprint density at radius 3 is 2.42 bits per heavy atom. The summed E-state index contributed by atoms with van der Waals surface area (Å²) in [5.74, 6) is 1.96. The van der Waals surface area contributed by atoms with Crippen LogP contribution in [0.15, 0.2) is 10.6 Å². The average Bonchev–Trinajstić information content (AvgIpc) is 3.02. The van der Waals surface area contributed by atoms with Crippen LogP contribution in [0.1, 0.15) is 39.4 Å². The van der Waals surface area contributed by atoms with Crippen LogP contribution in [-0.4, -0.2) is 42.6 Å². The van der Waals surface area contributed by atoms with Gasteiger partial charge in [0.1, 0.15) is 5.76 Å². The number of anilines is 1. The summed E-state index contributed by atoms with van der Waals surface area (Å²) in [4.78, 5) is 9.31. The summed E-state index contributed by atoms with van der Waals surface area (Å²) in [6, 6.07) is 0.802. The molecule has 0 aromatic carbocycles. The lowest BCUT2D eigenvalue weighted by Gasteiger charge is -2.33. The molecular formula is C15H25N3O. The van der Waals surface area contributed by atoms with E-state index < -0.39 is 0 Å². The molecule has 0 bridgehead atoms. The Kier molecular flexibility index (Phi) is 3.29. The molecule has 0 atom stereocenters. The molecule has 106 valence electrons. The van der Waals surface area contributed by atoms with Gasteiger partial charge in [-0.05, 0) is 18.8 Å². The highest BCUT2D eigenvalue weighted by atomic mass is 16.4. The second-order valence-electron chi connectivity index (χ2n) is 6.99. The highest BCUT2D eigenvalue weighted by molar-refractivity contribution is 5.28. The van der Waals surface area contributed by atoms with Gasteiger partial charge in [0.15, 0.2) is 0 Å². The zero-order valence-corrected chi connectivity index (χ0v) is 12.4. The van der Waals surface area contributed by atoms with E-state index in [-0.39, 0.29) is 5.41 Å². The summed E-state index contributed by atoms with van der Waals surface area (Å²) in [7, 11) is 0. The number of rotatable bonds is 3. The first-order chi connectivity index (χ1) is 9.02. The van der Waals surface area contributed by atoms with Crippen molar-refractivity contribution in [2.45, 2.75) is 39.0 Å². The summed E-state index contributed by atoms with van der Waals surface area (Å²) in [5.41, 5.74) is 0.0407. The van der Waals surface area contributed by atoms with Gasteiger partial charge in [0, 0.05) is 38.1 Å². The molecule has 2 fully saturated rings. The quantitative estimate of drug-likeness (QED) is 0.839. The van der Waals surface area contributed by atoms with Crippen molar-refractivity contribution in [1.29, 1.82) is 0 Å². The molecule has 0 unspecified atom stereocenters. The molecule has 1 saturated carbocycles. The minimum atomic E-state index is 0.0407. The highest BCUT2D eigenvalue weighted by Gasteiger charge is 2.28. The van der Waals surface area contributed by atoms with Crippen LogP contribution in [-0.2, 0) is 5.41 Å². The topological polar surface area (TPSA) is 32.5 Å². The Hall–Kier alpha value is -1.03. The monoisotopic (exact) mass is 263 g/mol. The van der Waals surface area contributed by atoms with E-state index in [0.29, 0.717) is 0 Å². The lowest BCUT2D eigenvalue weighted by molar-refractivity contribution is 0.242. The molecule has 1 aromatic heterocycles. The predicted octanol–water partition coefficient (Wildman–Crippen LogP) is 2.50. The van der Waals surface area contributed by atoms with Crippen molar-refractivity contribution in [1.82, 2.24) is 9.88 Å². The Bertz CT molecular complexity index is 423. The maximum absolute atomic E-state index is 5.91. The van der Waals surface area contributed by atoms with Crippen molar-refractivity contribution in [3.8, 4) is 0 Å².